The average Bonchev–Trinajstić information content (AvgIpc) is 3.82. The first-order valence-electron chi connectivity index (χ1n) is 21.4. The van der Waals surface area contributed by atoms with Crippen molar-refractivity contribution in [2.24, 2.45) is 0 Å². The number of hydrogen-bond donors (Lipinski definition) is 0. The summed E-state index contributed by atoms with van der Waals surface area (Å²) in [6, 6.07) is 53.9. The molecule has 0 saturated heterocycles. The Balaban J connectivity index is 1.09. The smallest absolute Gasteiger partial charge is 0.137 e. The summed E-state index contributed by atoms with van der Waals surface area (Å²) >= 11 is 0. The molecular weight excluding hydrogens is 783 g/mol. The molecule has 0 atom stereocenters. The van der Waals surface area contributed by atoms with Gasteiger partial charge in [0.2, 0.25) is 0 Å². The van der Waals surface area contributed by atoms with Crippen LogP contribution in [0.5, 0.6) is 11.5 Å². The first kappa shape index (κ1) is 39.9. The van der Waals surface area contributed by atoms with Crippen LogP contribution in [0.15, 0.2) is 170 Å². The minimum Gasteiger partial charge on any atom is -0.457 e. The Morgan fingerprint density at radius 3 is 1.87 bits per heavy atom. The minimum absolute atomic E-state index is 0.00957. The molecule has 1 aliphatic heterocycles. The molecule has 0 bridgehead atoms. The van der Waals surface area contributed by atoms with E-state index in [0.717, 1.165) is 73.1 Å². The van der Waals surface area contributed by atoms with Crippen LogP contribution in [-0.4, -0.2) is 16.2 Å². The summed E-state index contributed by atoms with van der Waals surface area (Å²) in [7, 11) is 0. The molecule has 5 nitrogen and oxygen atoms in total. The second-order valence-corrected chi connectivity index (χ2v) is 18.5. The number of ether oxygens (including phenoxy) is 1. The van der Waals surface area contributed by atoms with E-state index in [4.69, 9.17) is 9.72 Å². The predicted octanol–water partition coefficient (Wildman–Crippen LogP) is 15.4. The molecule has 10 rings (SSSR count). The SMILES string of the molecule is CC(C)(C)c1ccc(-c2cc(Oc3ccc4c5ccccc5n(-c5cc(C(C)(C)C)ccn5)c4c3)cc(N3CN(c4ccccc4-c4cc(F)cc(F)c4)c4ccccc43)c2)cc1. The maximum Gasteiger partial charge on any atom is 0.137 e. The molecule has 0 unspecified atom stereocenters. The fraction of sp³-hybridized carbons (Fsp3) is 0.161. The van der Waals surface area contributed by atoms with E-state index in [1.165, 1.54) is 23.3 Å². The van der Waals surface area contributed by atoms with Gasteiger partial charge >= 0.3 is 0 Å². The van der Waals surface area contributed by atoms with Crippen LogP contribution in [0.4, 0.5) is 31.5 Å². The second kappa shape index (κ2) is 15.3. The van der Waals surface area contributed by atoms with Gasteiger partial charge in [-0.2, -0.15) is 0 Å². The molecule has 0 N–H and O–H groups in total. The highest BCUT2D eigenvalue weighted by Gasteiger charge is 2.30. The van der Waals surface area contributed by atoms with Crippen molar-refractivity contribution in [2.45, 2.75) is 52.4 Å². The standard InChI is InChI=1S/C56H48F2N4O/c1-55(2,3)39-21-19-36(20-22-39)37-29-43(60-35-61(52-18-12-11-17-51(52)60)49-15-9-7-13-46(49)38-27-41(57)32-42(58)28-38)33-45(30-37)63-44-23-24-48-47-14-8-10-16-50(47)62(53(48)34-44)54-31-40(25-26-59-54)56(4,5)6/h7-34H,35H2,1-6H3. The summed E-state index contributed by atoms with van der Waals surface area (Å²) in [5, 5.41) is 2.26. The van der Waals surface area contributed by atoms with E-state index in [9.17, 15) is 8.78 Å². The third-order valence-corrected chi connectivity index (χ3v) is 12.1. The monoisotopic (exact) mass is 830 g/mol. The molecule has 312 valence electrons. The number of aromatic nitrogens is 2. The normalized spacial score (nSPS) is 13.0. The summed E-state index contributed by atoms with van der Waals surface area (Å²) < 4.78 is 38.4. The first-order chi connectivity index (χ1) is 30.3. The molecule has 0 amide bonds. The van der Waals surface area contributed by atoms with Crippen LogP contribution in [-0.2, 0) is 10.8 Å². The number of pyridine rings is 1. The van der Waals surface area contributed by atoms with Crippen molar-refractivity contribution in [1.29, 1.82) is 0 Å². The Kier molecular flexibility index (Phi) is 9.67. The van der Waals surface area contributed by atoms with Gasteiger partial charge in [-0.1, -0.05) is 114 Å². The van der Waals surface area contributed by atoms with E-state index < -0.39 is 11.6 Å². The highest BCUT2D eigenvalue weighted by molar-refractivity contribution is 6.09. The number of benzene rings is 7. The van der Waals surface area contributed by atoms with E-state index >= 15 is 0 Å². The maximum absolute atomic E-state index is 14.6. The number of hydrogen-bond acceptors (Lipinski definition) is 4. The first-order valence-corrected chi connectivity index (χ1v) is 21.4. The molecule has 0 fully saturated rings. The van der Waals surface area contributed by atoms with Gasteiger partial charge in [0.25, 0.3) is 0 Å². The number of nitrogens with zero attached hydrogens (tertiary/aromatic N) is 4. The quantitative estimate of drug-likeness (QED) is 0.160. The predicted molar refractivity (Wildman–Crippen MR) is 255 cm³/mol. The van der Waals surface area contributed by atoms with E-state index in [1.807, 2.05) is 48.7 Å². The lowest BCUT2D eigenvalue weighted by Gasteiger charge is -2.25. The Labute approximate surface area is 367 Å². The van der Waals surface area contributed by atoms with Gasteiger partial charge in [0.15, 0.2) is 0 Å². The van der Waals surface area contributed by atoms with Crippen molar-refractivity contribution in [3.05, 3.63) is 193 Å². The summed E-state index contributed by atoms with van der Waals surface area (Å²) in [5.41, 5.74) is 11.5. The number of rotatable bonds is 7. The lowest BCUT2D eigenvalue weighted by atomic mass is 9.86. The van der Waals surface area contributed by atoms with Crippen LogP contribution in [0.25, 0.3) is 49.9 Å². The van der Waals surface area contributed by atoms with Gasteiger partial charge in [-0.25, -0.2) is 13.8 Å². The van der Waals surface area contributed by atoms with E-state index in [-0.39, 0.29) is 10.8 Å². The third-order valence-electron chi connectivity index (χ3n) is 12.1. The van der Waals surface area contributed by atoms with E-state index in [2.05, 4.69) is 159 Å². The Morgan fingerprint density at radius 1 is 0.492 bits per heavy atom. The second-order valence-electron chi connectivity index (χ2n) is 18.5. The lowest BCUT2D eigenvalue weighted by molar-refractivity contribution is 0.483. The number of para-hydroxylation sites is 4. The van der Waals surface area contributed by atoms with Gasteiger partial charge in [0.05, 0.1) is 28.1 Å². The molecule has 0 aliphatic carbocycles. The zero-order valence-corrected chi connectivity index (χ0v) is 36.3. The van der Waals surface area contributed by atoms with Crippen LogP contribution in [0.2, 0.25) is 0 Å². The molecule has 7 aromatic carbocycles. The van der Waals surface area contributed by atoms with Crippen molar-refractivity contribution >= 4 is 44.6 Å². The summed E-state index contributed by atoms with van der Waals surface area (Å²) in [6.45, 7) is 13.8. The fourth-order valence-corrected chi connectivity index (χ4v) is 8.83. The van der Waals surface area contributed by atoms with Crippen LogP contribution >= 0.6 is 0 Å². The van der Waals surface area contributed by atoms with Crippen LogP contribution in [0, 0.1) is 11.6 Å². The molecule has 9 aromatic rings. The molecule has 0 spiro atoms. The van der Waals surface area contributed by atoms with Crippen molar-refractivity contribution < 1.29 is 13.5 Å². The van der Waals surface area contributed by atoms with Crippen LogP contribution < -0.4 is 14.5 Å². The summed E-state index contributed by atoms with van der Waals surface area (Å²) in [4.78, 5) is 9.36. The summed E-state index contributed by atoms with van der Waals surface area (Å²) in [5.74, 6) is 1.01. The lowest BCUT2D eigenvalue weighted by Crippen LogP contribution is -2.24. The van der Waals surface area contributed by atoms with Gasteiger partial charge in [0.1, 0.15) is 35.6 Å². The Morgan fingerprint density at radius 2 is 1.14 bits per heavy atom. The van der Waals surface area contributed by atoms with Crippen molar-refractivity contribution in [2.75, 3.05) is 16.5 Å². The Bertz CT molecular complexity index is 3170. The van der Waals surface area contributed by atoms with Crippen LogP contribution in [0.1, 0.15) is 52.7 Å². The van der Waals surface area contributed by atoms with Gasteiger partial charge in [0, 0.05) is 46.4 Å². The molecule has 3 heterocycles. The molecular formula is C56H48F2N4O. The van der Waals surface area contributed by atoms with Gasteiger partial charge < -0.3 is 14.5 Å². The van der Waals surface area contributed by atoms with Crippen LogP contribution in [0.3, 0.4) is 0 Å². The molecule has 2 aromatic heterocycles. The van der Waals surface area contributed by atoms with Crippen molar-refractivity contribution in [3.63, 3.8) is 0 Å². The highest BCUT2D eigenvalue weighted by atomic mass is 19.1. The average molecular weight is 831 g/mol. The topological polar surface area (TPSA) is 33.5 Å². The number of halogens is 2. The molecule has 0 radical (unpaired) electrons. The largest absolute Gasteiger partial charge is 0.457 e. The molecule has 0 saturated carbocycles. The van der Waals surface area contributed by atoms with Crippen molar-refractivity contribution in [3.8, 4) is 39.6 Å². The molecule has 63 heavy (non-hydrogen) atoms. The maximum atomic E-state index is 14.6. The highest BCUT2D eigenvalue weighted by Crippen LogP contribution is 2.48. The molecule has 7 heteroatoms. The fourth-order valence-electron chi connectivity index (χ4n) is 8.83. The zero-order chi connectivity index (χ0) is 43.6. The summed E-state index contributed by atoms with van der Waals surface area (Å²) in [6.07, 6.45) is 1.90. The minimum atomic E-state index is -0.616. The zero-order valence-electron chi connectivity index (χ0n) is 36.3. The van der Waals surface area contributed by atoms with E-state index in [0.29, 0.717) is 23.7 Å². The van der Waals surface area contributed by atoms with Gasteiger partial charge in [-0.3, -0.25) is 4.57 Å². The molecule has 1 aliphatic rings. The van der Waals surface area contributed by atoms with Gasteiger partial charge in [-0.15, -0.1) is 0 Å². The van der Waals surface area contributed by atoms with Crippen molar-refractivity contribution in [1.82, 2.24) is 9.55 Å². The van der Waals surface area contributed by atoms with Gasteiger partial charge in [-0.05, 0) is 111 Å². The number of fused-ring (bicyclic) bond motifs is 4. The third kappa shape index (κ3) is 7.48. The van der Waals surface area contributed by atoms with E-state index in [1.54, 1.807) is 0 Å². The number of anilines is 4. The Hall–Kier alpha value is -7.25.